The highest BCUT2D eigenvalue weighted by atomic mass is 79.9. The van der Waals surface area contributed by atoms with Gasteiger partial charge in [0.05, 0.1) is 23.4 Å². The van der Waals surface area contributed by atoms with E-state index in [1.54, 1.807) is 10.7 Å². The number of fused-ring (bicyclic) bond motifs is 1. The number of nitrogens with zero attached hydrogens (tertiary/aromatic N) is 4. The zero-order valence-corrected chi connectivity index (χ0v) is 19.0. The van der Waals surface area contributed by atoms with Gasteiger partial charge in [0.15, 0.2) is 0 Å². The smallest absolute Gasteiger partial charge is 0.275 e. The highest BCUT2D eigenvalue weighted by Crippen LogP contribution is 2.26. The summed E-state index contributed by atoms with van der Waals surface area (Å²) in [5.41, 5.74) is 2.28. The first-order valence-corrected chi connectivity index (χ1v) is 11.4. The second kappa shape index (κ2) is 8.84. The Kier molecular flexibility index (Phi) is 5.76. The molecular weight excluding hydrogens is 471 g/mol. The lowest BCUT2D eigenvalue weighted by atomic mass is 10.1. The van der Waals surface area contributed by atoms with Gasteiger partial charge in [-0.05, 0) is 30.3 Å². The van der Waals surface area contributed by atoms with Crippen molar-refractivity contribution in [2.45, 2.75) is 6.67 Å². The number of anilines is 1. The SMILES string of the molecule is O=c1c2ccccc2c(-c2ccc(Br)cc2)nn1CN1CCN(c2ccccc2F)CC1. The predicted octanol–water partition coefficient (Wildman–Crippen LogP) is 4.74. The Morgan fingerprint density at radius 1 is 0.844 bits per heavy atom. The summed E-state index contributed by atoms with van der Waals surface area (Å²) in [6.45, 7) is 3.25. The van der Waals surface area contributed by atoms with Crippen LogP contribution in [-0.4, -0.2) is 40.9 Å². The first-order valence-electron chi connectivity index (χ1n) is 10.6. The zero-order chi connectivity index (χ0) is 22.1. The minimum atomic E-state index is -0.201. The van der Waals surface area contributed by atoms with E-state index in [0.717, 1.165) is 34.2 Å². The van der Waals surface area contributed by atoms with E-state index >= 15 is 0 Å². The molecule has 0 atom stereocenters. The van der Waals surface area contributed by atoms with Crippen LogP contribution < -0.4 is 10.5 Å². The predicted molar refractivity (Wildman–Crippen MR) is 129 cm³/mol. The third-order valence-corrected chi connectivity index (χ3v) is 6.41. The Bertz CT molecular complexity index is 1310. The van der Waals surface area contributed by atoms with Crippen LogP contribution in [0.3, 0.4) is 0 Å². The summed E-state index contributed by atoms with van der Waals surface area (Å²) in [6.07, 6.45) is 0. The quantitative estimate of drug-likeness (QED) is 0.412. The van der Waals surface area contributed by atoms with Gasteiger partial charge in [0.2, 0.25) is 0 Å². The molecule has 1 saturated heterocycles. The molecule has 0 amide bonds. The van der Waals surface area contributed by atoms with Crippen LogP contribution in [0.4, 0.5) is 10.1 Å². The first-order chi connectivity index (χ1) is 15.6. The standard InChI is InChI=1S/C25H22BrFN4O/c26-19-11-9-18(10-12-19)24-20-5-1-2-6-21(20)25(32)31(28-24)17-29-13-15-30(16-14-29)23-8-4-3-7-22(23)27/h1-12H,13-17H2. The van der Waals surface area contributed by atoms with Crippen LogP contribution >= 0.6 is 15.9 Å². The van der Waals surface area contributed by atoms with Crippen LogP contribution in [-0.2, 0) is 6.67 Å². The molecule has 1 aliphatic rings. The fourth-order valence-corrected chi connectivity index (χ4v) is 4.44. The molecular formula is C25H22BrFN4O. The van der Waals surface area contributed by atoms with Gasteiger partial charge in [-0.1, -0.05) is 58.4 Å². The molecule has 162 valence electrons. The number of hydrogen-bond acceptors (Lipinski definition) is 4. The summed E-state index contributed by atoms with van der Waals surface area (Å²) >= 11 is 3.48. The second-order valence-corrected chi connectivity index (χ2v) is 8.82. The molecule has 7 heteroatoms. The third-order valence-electron chi connectivity index (χ3n) is 5.88. The largest absolute Gasteiger partial charge is 0.367 e. The molecule has 0 radical (unpaired) electrons. The van der Waals surface area contributed by atoms with E-state index in [0.29, 0.717) is 30.8 Å². The Labute approximate surface area is 193 Å². The number of halogens is 2. The van der Waals surface area contributed by atoms with E-state index in [1.165, 1.54) is 6.07 Å². The van der Waals surface area contributed by atoms with Crippen molar-refractivity contribution in [1.29, 1.82) is 0 Å². The fraction of sp³-hybridized carbons (Fsp3) is 0.200. The average Bonchev–Trinajstić information content (AvgIpc) is 2.82. The lowest BCUT2D eigenvalue weighted by Crippen LogP contribution is -2.48. The summed E-state index contributed by atoms with van der Waals surface area (Å²) in [5.74, 6) is -0.201. The fourth-order valence-electron chi connectivity index (χ4n) is 4.18. The summed E-state index contributed by atoms with van der Waals surface area (Å²) in [5, 5.41) is 6.26. The Hall–Kier alpha value is -3.03. The molecule has 0 spiro atoms. The van der Waals surface area contributed by atoms with E-state index in [9.17, 15) is 9.18 Å². The van der Waals surface area contributed by atoms with Crippen molar-refractivity contribution in [1.82, 2.24) is 14.7 Å². The van der Waals surface area contributed by atoms with Crippen LogP contribution in [0.25, 0.3) is 22.0 Å². The molecule has 0 bridgehead atoms. The van der Waals surface area contributed by atoms with E-state index in [-0.39, 0.29) is 11.4 Å². The number of piperazine rings is 1. The van der Waals surface area contributed by atoms with E-state index in [2.05, 4.69) is 25.7 Å². The van der Waals surface area contributed by atoms with Gasteiger partial charge in [-0.25, -0.2) is 9.07 Å². The van der Waals surface area contributed by atoms with Crippen molar-refractivity contribution in [2.75, 3.05) is 31.1 Å². The third kappa shape index (κ3) is 4.06. The molecule has 1 aliphatic heterocycles. The Balaban J connectivity index is 1.43. The molecule has 0 unspecified atom stereocenters. The molecule has 5 rings (SSSR count). The summed E-state index contributed by atoms with van der Waals surface area (Å²) < 4.78 is 16.7. The zero-order valence-electron chi connectivity index (χ0n) is 17.4. The number of para-hydroxylation sites is 1. The van der Waals surface area contributed by atoms with Crippen LogP contribution in [0.2, 0.25) is 0 Å². The molecule has 32 heavy (non-hydrogen) atoms. The topological polar surface area (TPSA) is 41.4 Å². The van der Waals surface area contributed by atoms with E-state index in [1.807, 2.05) is 60.7 Å². The number of rotatable bonds is 4. The van der Waals surface area contributed by atoms with Gasteiger partial charge < -0.3 is 4.90 Å². The van der Waals surface area contributed by atoms with Crippen molar-refractivity contribution in [3.63, 3.8) is 0 Å². The van der Waals surface area contributed by atoms with Gasteiger partial charge >= 0.3 is 0 Å². The molecule has 1 fully saturated rings. The van der Waals surface area contributed by atoms with Crippen molar-refractivity contribution in [3.8, 4) is 11.3 Å². The molecule has 0 N–H and O–H groups in total. The van der Waals surface area contributed by atoms with Crippen molar-refractivity contribution in [2.24, 2.45) is 0 Å². The van der Waals surface area contributed by atoms with E-state index in [4.69, 9.17) is 5.10 Å². The van der Waals surface area contributed by atoms with Crippen molar-refractivity contribution < 1.29 is 4.39 Å². The lowest BCUT2D eigenvalue weighted by molar-refractivity contribution is 0.192. The van der Waals surface area contributed by atoms with Gasteiger partial charge in [-0.15, -0.1) is 0 Å². The summed E-state index contributed by atoms with van der Waals surface area (Å²) in [6, 6.07) is 22.4. The lowest BCUT2D eigenvalue weighted by Gasteiger charge is -2.36. The maximum Gasteiger partial charge on any atom is 0.275 e. The molecule has 4 aromatic rings. The van der Waals surface area contributed by atoms with Gasteiger partial charge in [0.1, 0.15) is 5.82 Å². The normalized spacial score (nSPS) is 14.8. The first kappa shape index (κ1) is 20.8. The van der Waals surface area contributed by atoms with Crippen LogP contribution in [0.15, 0.2) is 82.1 Å². The molecule has 2 heterocycles. The molecule has 5 nitrogen and oxygen atoms in total. The van der Waals surface area contributed by atoms with Crippen molar-refractivity contribution in [3.05, 3.63) is 93.4 Å². The van der Waals surface area contributed by atoms with E-state index < -0.39 is 0 Å². The number of benzene rings is 3. The summed E-state index contributed by atoms with van der Waals surface area (Å²) in [7, 11) is 0. The van der Waals surface area contributed by atoms with Gasteiger partial charge in [0.25, 0.3) is 5.56 Å². The maximum atomic E-state index is 14.1. The number of aromatic nitrogens is 2. The number of hydrogen-bond donors (Lipinski definition) is 0. The van der Waals surface area contributed by atoms with Gasteiger partial charge in [-0.3, -0.25) is 9.69 Å². The average molecular weight is 493 g/mol. The second-order valence-electron chi connectivity index (χ2n) is 7.90. The summed E-state index contributed by atoms with van der Waals surface area (Å²) in [4.78, 5) is 17.4. The molecule has 0 aliphatic carbocycles. The molecule has 1 aromatic heterocycles. The van der Waals surface area contributed by atoms with Crippen LogP contribution in [0, 0.1) is 5.82 Å². The van der Waals surface area contributed by atoms with Crippen molar-refractivity contribution >= 4 is 32.4 Å². The highest BCUT2D eigenvalue weighted by molar-refractivity contribution is 9.10. The van der Waals surface area contributed by atoms with Gasteiger partial charge in [-0.2, -0.15) is 5.10 Å². The minimum Gasteiger partial charge on any atom is -0.367 e. The highest BCUT2D eigenvalue weighted by Gasteiger charge is 2.21. The Morgan fingerprint density at radius 3 is 2.22 bits per heavy atom. The van der Waals surface area contributed by atoms with Crippen LogP contribution in [0.1, 0.15) is 0 Å². The monoisotopic (exact) mass is 492 g/mol. The molecule has 0 saturated carbocycles. The molecule has 3 aromatic carbocycles. The Morgan fingerprint density at radius 2 is 1.50 bits per heavy atom. The minimum absolute atomic E-state index is 0.0991. The van der Waals surface area contributed by atoms with Crippen LogP contribution in [0.5, 0.6) is 0 Å². The maximum absolute atomic E-state index is 14.1. The van der Waals surface area contributed by atoms with Gasteiger partial charge in [0, 0.05) is 41.6 Å².